The molecular weight excluding hydrogens is 312 g/mol. The van der Waals surface area contributed by atoms with Gasteiger partial charge in [0.1, 0.15) is 0 Å². The van der Waals surface area contributed by atoms with Crippen molar-refractivity contribution in [2.24, 2.45) is 0 Å². The Kier molecular flexibility index (Phi) is 5.70. The first-order valence-corrected chi connectivity index (χ1v) is 11.0. The van der Waals surface area contributed by atoms with E-state index in [9.17, 15) is 0 Å². The molecule has 0 aliphatic heterocycles. The van der Waals surface area contributed by atoms with Crippen LogP contribution in [0.5, 0.6) is 0 Å². The molecule has 0 aliphatic rings. The molecule has 5 heteroatoms. The Balaban J connectivity index is 4.54. The summed E-state index contributed by atoms with van der Waals surface area (Å²) in [5, 5.41) is 0. The fraction of sp³-hybridized carbons (Fsp3) is 1.00. The predicted octanol–water partition coefficient (Wildman–Crippen LogP) is 2.89. The van der Waals surface area contributed by atoms with Crippen molar-refractivity contribution in [3.05, 3.63) is 0 Å². The highest BCUT2D eigenvalue weighted by Crippen LogP contribution is 2.29. The molecule has 0 aromatic heterocycles. The van der Waals surface area contributed by atoms with Crippen LogP contribution in [0, 0.1) is 0 Å². The monoisotopic (exact) mass is 330 g/mol. The summed E-state index contributed by atoms with van der Waals surface area (Å²) in [5.74, 6) is 0. The Bertz CT molecular complexity index is 146. The van der Waals surface area contributed by atoms with Gasteiger partial charge in [-0.1, -0.05) is 58.3 Å². The van der Waals surface area contributed by atoms with E-state index in [1.54, 1.807) is 0 Å². The van der Waals surface area contributed by atoms with Crippen molar-refractivity contribution < 1.29 is 0 Å². The van der Waals surface area contributed by atoms with E-state index in [1.807, 2.05) is 0 Å². The number of rotatable bonds is 4. The molecule has 0 rings (SSSR count). The maximum atomic E-state index is 3.82. The largest absolute Gasteiger partial charge is 0.354 e. The average molecular weight is 332 g/mol. The second-order valence-corrected chi connectivity index (χ2v) is 16.2. The van der Waals surface area contributed by atoms with Gasteiger partial charge in [0.05, 0.1) is 0 Å². The van der Waals surface area contributed by atoms with Gasteiger partial charge in [-0.25, -0.2) is 0 Å². The van der Waals surface area contributed by atoms with Crippen molar-refractivity contribution in [3.63, 3.8) is 0 Å². The summed E-state index contributed by atoms with van der Waals surface area (Å²) in [5.41, 5.74) is -1.74. The molecule has 0 atom stereocenters. The van der Waals surface area contributed by atoms with Crippen LogP contribution < -0.4 is 0 Å². The molecule has 2 nitrogen and oxygen atoms in total. The molecule has 0 N–H and O–H groups in total. The van der Waals surface area contributed by atoms with Gasteiger partial charge in [0.15, 0.2) is 0 Å². The van der Waals surface area contributed by atoms with Gasteiger partial charge >= 0.3 is 5.64 Å². The molecule has 80 valence electrons. The Morgan fingerprint density at radius 2 is 1.08 bits per heavy atom. The highest BCUT2D eigenvalue weighted by atomic mass is 79.9. The van der Waals surface area contributed by atoms with Gasteiger partial charge in [0, 0.05) is 0 Å². The Morgan fingerprint density at radius 1 is 0.846 bits per heavy atom. The average Bonchev–Trinajstić information content (AvgIpc) is 2.01. The van der Waals surface area contributed by atoms with Crippen LogP contribution in [0.1, 0.15) is 27.7 Å². The van der Waals surface area contributed by atoms with Gasteiger partial charge in [0.25, 0.3) is 0 Å². The fourth-order valence-corrected chi connectivity index (χ4v) is 7.52. The van der Waals surface area contributed by atoms with Crippen LogP contribution in [-0.2, 0) is 0 Å². The number of hydrogen-bond donors (Lipinski definition) is 0. The molecule has 0 saturated carbocycles. The zero-order valence-electron chi connectivity index (χ0n) is 9.31. The molecule has 0 aromatic carbocycles. The zero-order valence-corrected chi connectivity index (χ0v) is 13.5. The molecule has 0 heterocycles. The topological polar surface area (TPSA) is 6.48 Å². The van der Waals surface area contributed by atoms with E-state index in [4.69, 9.17) is 0 Å². The molecule has 0 spiro atoms. The predicted molar refractivity (Wildman–Crippen MR) is 69.4 cm³/mol. The molecule has 0 bridgehead atoms. The second-order valence-electron chi connectivity index (χ2n) is 3.92. The van der Waals surface area contributed by atoms with E-state index in [0.29, 0.717) is 12.1 Å². The van der Waals surface area contributed by atoms with E-state index in [0.717, 1.165) is 0 Å². The highest BCUT2D eigenvalue weighted by molar-refractivity contribution is 9.50. The van der Waals surface area contributed by atoms with Gasteiger partial charge in [-0.15, -0.1) is 0 Å². The highest BCUT2D eigenvalue weighted by Gasteiger charge is 2.40. The van der Waals surface area contributed by atoms with Gasteiger partial charge in [-0.2, -0.15) is 0 Å². The minimum atomic E-state index is -1.74. The summed E-state index contributed by atoms with van der Waals surface area (Å²) in [7, 11) is 4.30. The molecule has 0 aliphatic carbocycles. The lowest BCUT2D eigenvalue weighted by molar-refractivity contribution is 0.350. The fourth-order valence-electron chi connectivity index (χ4n) is 0.870. The van der Waals surface area contributed by atoms with Crippen LogP contribution >= 0.6 is 30.6 Å². The van der Waals surface area contributed by atoms with Gasteiger partial charge in [-0.05, 0) is 26.2 Å². The molecule has 13 heavy (non-hydrogen) atoms. The minimum absolute atomic E-state index is 0.548. The van der Waals surface area contributed by atoms with E-state index >= 15 is 0 Å². The van der Waals surface area contributed by atoms with E-state index in [-0.39, 0.29) is 0 Å². The maximum absolute atomic E-state index is 3.82. The Morgan fingerprint density at radius 3 is 1.23 bits per heavy atom. The van der Waals surface area contributed by atoms with E-state index in [2.05, 4.69) is 81.5 Å². The summed E-state index contributed by atoms with van der Waals surface area (Å²) in [6.45, 7) is 8.83. The van der Waals surface area contributed by atoms with Gasteiger partial charge in [0.2, 0.25) is 0 Å². The lowest BCUT2D eigenvalue weighted by Gasteiger charge is -2.41. The van der Waals surface area contributed by atoms with Crippen LogP contribution in [0.2, 0.25) is 0 Å². The molecule has 0 radical (unpaired) electrons. The van der Waals surface area contributed by atoms with Gasteiger partial charge in [-0.3, -0.25) is 9.13 Å². The van der Waals surface area contributed by atoms with Crippen molar-refractivity contribution in [2.45, 2.75) is 39.8 Å². The van der Waals surface area contributed by atoms with Crippen molar-refractivity contribution in [1.82, 2.24) is 9.13 Å². The number of hydrogen-bond acceptors (Lipinski definition) is 2. The van der Waals surface area contributed by atoms with Gasteiger partial charge < -0.3 is 0 Å². The lowest BCUT2D eigenvalue weighted by atomic mass is 10.4. The van der Waals surface area contributed by atoms with Crippen molar-refractivity contribution >= 4 is 36.2 Å². The molecule has 0 amide bonds. The standard InChI is InChI=1S/C8H20Br2N2Si/c1-7(2)11(5)13(9,10)12(6)8(3)4/h7-8H,1-6H3. The molecule has 0 unspecified atom stereocenters. The zero-order chi connectivity index (χ0) is 10.8. The van der Waals surface area contributed by atoms with Crippen LogP contribution in [0.25, 0.3) is 0 Å². The summed E-state index contributed by atoms with van der Waals surface area (Å²) in [4.78, 5) is 0. The first-order chi connectivity index (χ1) is 5.71. The molecule has 0 saturated heterocycles. The Labute approximate surface area is 99.0 Å². The number of nitrogens with zero attached hydrogens (tertiary/aromatic N) is 2. The normalized spacial score (nSPS) is 13.8. The van der Waals surface area contributed by atoms with E-state index in [1.165, 1.54) is 0 Å². The quantitative estimate of drug-likeness (QED) is 0.577. The minimum Gasteiger partial charge on any atom is -0.295 e. The van der Waals surface area contributed by atoms with Crippen molar-refractivity contribution in [1.29, 1.82) is 0 Å². The summed E-state index contributed by atoms with van der Waals surface area (Å²) in [6, 6.07) is 1.10. The maximum Gasteiger partial charge on any atom is 0.354 e. The van der Waals surface area contributed by atoms with Crippen molar-refractivity contribution in [3.8, 4) is 0 Å². The first kappa shape index (κ1) is 14.1. The third kappa shape index (κ3) is 3.62. The summed E-state index contributed by atoms with van der Waals surface area (Å²) in [6.07, 6.45) is 0. The third-order valence-corrected chi connectivity index (χ3v) is 11.8. The lowest BCUT2D eigenvalue weighted by Crippen LogP contribution is -2.58. The second kappa shape index (κ2) is 5.26. The molecule has 0 aromatic rings. The Hall–Kier alpha value is 1.10. The number of halogens is 2. The third-order valence-electron chi connectivity index (χ3n) is 2.40. The van der Waals surface area contributed by atoms with Crippen molar-refractivity contribution in [2.75, 3.05) is 14.1 Å². The van der Waals surface area contributed by atoms with Crippen LogP contribution in [-0.4, -0.2) is 40.9 Å². The summed E-state index contributed by atoms with van der Waals surface area (Å²) >= 11 is 7.64. The van der Waals surface area contributed by atoms with Crippen LogP contribution in [0.15, 0.2) is 0 Å². The molecular formula is C8H20Br2N2Si. The summed E-state index contributed by atoms with van der Waals surface area (Å²) < 4.78 is 4.74. The SMILES string of the molecule is CC(C)N(C)[Si](Br)(Br)N(C)C(C)C. The van der Waals surface area contributed by atoms with Crippen LogP contribution in [0.3, 0.4) is 0 Å². The van der Waals surface area contributed by atoms with E-state index < -0.39 is 5.64 Å². The first-order valence-electron chi connectivity index (χ1n) is 4.55. The van der Waals surface area contributed by atoms with Crippen LogP contribution in [0.4, 0.5) is 0 Å². The molecule has 0 fully saturated rings. The smallest absolute Gasteiger partial charge is 0.295 e.